The Hall–Kier alpha value is -1.83. The van der Waals surface area contributed by atoms with Gasteiger partial charge in [0.1, 0.15) is 12.2 Å². The standard InChI is InChI=1S/C12H18N2O5S/c1-3-4-7-20(18,19)13-10-6-5-9(2)14(12(10)17)8-11(15)16/h5-6,13H,3-4,7-8H2,1-2H3,(H,15,16). The van der Waals surface area contributed by atoms with Crippen LogP contribution in [0.2, 0.25) is 0 Å². The summed E-state index contributed by atoms with van der Waals surface area (Å²) in [5.41, 5.74) is -0.339. The normalized spacial score (nSPS) is 11.3. The number of hydrogen-bond donors (Lipinski definition) is 2. The van der Waals surface area contributed by atoms with Crippen molar-refractivity contribution in [3.05, 3.63) is 28.2 Å². The highest BCUT2D eigenvalue weighted by Crippen LogP contribution is 2.07. The zero-order chi connectivity index (χ0) is 15.3. The molecule has 7 nitrogen and oxygen atoms in total. The van der Waals surface area contributed by atoms with Crippen LogP contribution in [-0.4, -0.2) is 29.8 Å². The van der Waals surface area contributed by atoms with Gasteiger partial charge in [0.15, 0.2) is 0 Å². The molecular weight excluding hydrogens is 284 g/mol. The third kappa shape index (κ3) is 4.37. The number of rotatable bonds is 7. The maximum Gasteiger partial charge on any atom is 0.323 e. The number of aliphatic carboxylic acids is 1. The maximum absolute atomic E-state index is 12.0. The highest BCUT2D eigenvalue weighted by atomic mass is 32.2. The molecule has 0 aliphatic heterocycles. The van der Waals surface area contributed by atoms with E-state index >= 15 is 0 Å². The summed E-state index contributed by atoms with van der Waals surface area (Å²) in [5, 5.41) is 8.76. The molecule has 0 amide bonds. The average molecular weight is 302 g/mol. The monoisotopic (exact) mass is 302 g/mol. The fourth-order valence-electron chi connectivity index (χ4n) is 1.63. The summed E-state index contributed by atoms with van der Waals surface area (Å²) in [7, 11) is -3.59. The third-order valence-electron chi connectivity index (χ3n) is 2.72. The molecule has 0 radical (unpaired) electrons. The molecule has 8 heteroatoms. The molecule has 0 aromatic carbocycles. The van der Waals surface area contributed by atoms with Crippen molar-refractivity contribution in [2.24, 2.45) is 0 Å². The second kappa shape index (κ2) is 6.56. The van der Waals surface area contributed by atoms with E-state index in [1.54, 1.807) is 6.92 Å². The molecule has 0 aliphatic rings. The van der Waals surface area contributed by atoms with Crippen molar-refractivity contribution in [3.63, 3.8) is 0 Å². The van der Waals surface area contributed by atoms with Gasteiger partial charge in [0.2, 0.25) is 10.0 Å². The molecule has 2 N–H and O–H groups in total. The highest BCUT2D eigenvalue weighted by molar-refractivity contribution is 7.92. The van der Waals surface area contributed by atoms with Crippen molar-refractivity contribution in [1.82, 2.24) is 4.57 Å². The van der Waals surface area contributed by atoms with Crippen LogP contribution in [0.5, 0.6) is 0 Å². The Morgan fingerprint density at radius 1 is 1.40 bits per heavy atom. The lowest BCUT2D eigenvalue weighted by molar-refractivity contribution is -0.137. The SMILES string of the molecule is CCCCS(=O)(=O)Nc1ccc(C)n(CC(=O)O)c1=O. The predicted molar refractivity (Wildman–Crippen MR) is 75.4 cm³/mol. The molecule has 1 heterocycles. The molecule has 0 atom stereocenters. The Bertz CT molecular complexity index is 648. The number of aryl methyl sites for hydroxylation is 1. The number of nitrogens with zero attached hydrogens (tertiary/aromatic N) is 1. The molecule has 0 aliphatic carbocycles. The lowest BCUT2D eigenvalue weighted by Gasteiger charge is -2.11. The number of unbranched alkanes of at least 4 members (excludes halogenated alkanes) is 1. The van der Waals surface area contributed by atoms with Gasteiger partial charge in [0.25, 0.3) is 5.56 Å². The fraction of sp³-hybridized carbons (Fsp3) is 0.500. The molecule has 20 heavy (non-hydrogen) atoms. The molecule has 112 valence electrons. The number of anilines is 1. The zero-order valence-electron chi connectivity index (χ0n) is 11.4. The smallest absolute Gasteiger partial charge is 0.323 e. The van der Waals surface area contributed by atoms with Crippen LogP contribution in [0.1, 0.15) is 25.5 Å². The molecule has 0 spiro atoms. The first kappa shape index (κ1) is 16.2. The van der Waals surface area contributed by atoms with Crippen molar-refractivity contribution >= 4 is 21.7 Å². The molecule has 0 saturated carbocycles. The summed E-state index contributed by atoms with van der Waals surface area (Å²) in [6.07, 6.45) is 1.21. The number of sulfonamides is 1. The summed E-state index contributed by atoms with van der Waals surface area (Å²) in [5.74, 6) is -1.24. The van der Waals surface area contributed by atoms with Gasteiger partial charge >= 0.3 is 5.97 Å². The van der Waals surface area contributed by atoms with E-state index in [9.17, 15) is 18.0 Å². The highest BCUT2D eigenvalue weighted by Gasteiger charge is 2.15. The topological polar surface area (TPSA) is 105 Å². The summed E-state index contributed by atoms with van der Waals surface area (Å²) in [6.45, 7) is 2.94. The van der Waals surface area contributed by atoms with Gasteiger partial charge in [-0.15, -0.1) is 0 Å². The van der Waals surface area contributed by atoms with Crippen LogP contribution in [0.25, 0.3) is 0 Å². The Kier molecular flexibility index (Phi) is 5.32. The van der Waals surface area contributed by atoms with Gasteiger partial charge in [-0.1, -0.05) is 13.3 Å². The van der Waals surface area contributed by atoms with Crippen molar-refractivity contribution in [3.8, 4) is 0 Å². The first-order chi connectivity index (χ1) is 9.26. The lowest BCUT2D eigenvalue weighted by Crippen LogP contribution is -2.30. The first-order valence-electron chi connectivity index (χ1n) is 6.19. The van der Waals surface area contributed by atoms with Crippen molar-refractivity contribution in [2.75, 3.05) is 10.5 Å². The van der Waals surface area contributed by atoms with E-state index in [0.717, 1.165) is 11.0 Å². The Morgan fingerprint density at radius 3 is 2.60 bits per heavy atom. The lowest BCUT2D eigenvalue weighted by atomic mass is 10.3. The molecule has 0 saturated heterocycles. The molecule has 0 fully saturated rings. The molecule has 0 bridgehead atoms. The molecule has 0 unspecified atom stereocenters. The van der Waals surface area contributed by atoms with Gasteiger partial charge in [-0.2, -0.15) is 0 Å². The quantitative estimate of drug-likeness (QED) is 0.774. The predicted octanol–water partition coefficient (Wildman–Crippen LogP) is 0.783. The first-order valence-corrected chi connectivity index (χ1v) is 7.85. The Labute approximate surface area is 117 Å². The van der Waals surface area contributed by atoms with Crippen molar-refractivity contribution in [2.45, 2.75) is 33.2 Å². The molecule has 1 rings (SSSR count). The van der Waals surface area contributed by atoms with Crippen molar-refractivity contribution < 1.29 is 18.3 Å². The van der Waals surface area contributed by atoms with E-state index in [2.05, 4.69) is 4.72 Å². The van der Waals surface area contributed by atoms with Crippen LogP contribution >= 0.6 is 0 Å². The Balaban J connectivity index is 3.09. The molecular formula is C12H18N2O5S. The average Bonchev–Trinajstić information content (AvgIpc) is 2.35. The largest absolute Gasteiger partial charge is 0.480 e. The van der Waals surface area contributed by atoms with Gasteiger partial charge in [0.05, 0.1) is 5.75 Å². The van der Waals surface area contributed by atoms with Gasteiger partial charge < -0.3 is 5.11 Å². The van der Waals surface area contributed by atoms with E-state index in [1.807, 2.05) is 6.92 Å². The van der Waals surface area contributed by atoms with E-state index in [1.165, 1.54) is 12.1 Å². The Morgan fingerprint density at radius 2 is 2.05 bits per heavy atom. The van der Waals surface area contributed by atoms with E-state index in [4.69, 9.17) is 5.11 Å². The molecule has 1 aromatic rings. The minimum Gasteiger partial charge on any atom is -0.480 e. The number of hydrogen-bond acceptors (Lipinski definition) is 4. The number of carbonyl (C=O) groups is 1. The maximum atomic E-state index is 12.0. The number of nitrogens with one attached hydrogen (secondary N) is 1. The number of carboxylic acids is 1. The second-order valence-electron chi connectivity index (χ2n) is 4.45. The summed E-state index contributed by atoms with van der Waals surface area (Å²) in [6, 6.07) is 2.85. The van der Waals surface area contributed by atoms with Crippen molar-refractivity contribution in [1.29, 1.82) is 0 Å². The summed E-state index contributed by atoms with van der Waals surface area (Å²) < 4.78 is 26.7. The summed E-state index contributed by atoms with van der Waals surface area (Å²) in [4.78, 5) is 22.8. The minimum atomic E-state index is -3.59. The zero-order valence-corrected chi connectivity index (χ0v) is 12.2. The minimum absolute atomic E-state index is 0.0737. The van der Waals surface area contributed by atoms with Crippen LogP contribution in [0, 0.1) is 6.92 Å². The van der Waals surface area contributed by atoms with E-state index in [0.29, 0.717) is 12.1 Å². The van der Waals surface area contributed by atoms with Gasteiger partial charge in [-0.25, -0.2) is 8.42 Å². The molecule has 1 aromatic heterocycles. The van der Waals surface area contributed by atoms with E-state index < -0.39 is 28.1 Å². The van der Waals surface area contributed by atoms with Crippen LogP contribution in [-0.2, 0) is 21.4 Å². The van der Waals surface area contributed by atoms with Gasteiger partial charge in [0, 0.05) is 5.69 Å². The van der Waals surface area contributed by atoms with E-state index in [-0.39, 0.29) is 11.4 Å². The van der Waals surface area contributed by atoms with Crippen LogP contribution in [0.3, 0.4) is 0 Å². The second-order valence-corrected chi connectivity index (χ2v) is 6.29. The number of carboxylic acid groups (broad SMARTS) is 1. The number of aromatic nitrogens is 1. The number of pyridine rings is 1. The third-order valence-corrected chi connectivity index (χ3v) is 4.08. The van der Waals surface area contributed by atoms with Gasteiger partial charge in [-0.05, 0) is 25.5 Å². The van der Waals surface area contributed by atoms with Gasteiger partial charge in [-0.3, -0.25) is 18.9 Å². The fourth-order valence-corrected chi connectivity index (χ4v) is 2.89. The van der Waals surface area contributed by atoms with Crippen LogP contribution < -0.4 is 10.3 Å². The van der Waals surface area contributed by atoms with Crippen LogP contribution in [0.4, 0.5) is 5.69 Å². The van der Waals surface area contributed by atoms with Crippen LogP contribution in [0.15, 0.2) is 16.9 Å². The summed E-state index contributed by atoms with van der Waals surface area (Å²) >= 11 is 0.